The van der Waals surface area contributed by atoms with Gasteiger partial charge < -0.3 is 14.0 Å². The van der Waals surface area contributed by atoms with Crippen LogP contribution in [0.25, 0.3) is 15.9 Å². The van der Waals surface area contributed by atoms with Gasteiger partial charge in [-0.05, 0) is 23.6 Å². The zero-order valence-corrected chi connectivity index (χ0v) is 15.1. The van der Waals surface area contributed by atoms with Crippen LogP contribution in [0.1, 0.15) is 9.67 Å². The monoisotopic (exact) mass is 383 g/mol. The van der Waals surface area contributed by atoms with Crippen LogP contribution in [-0.4, -0.2) is 28.7 Å². The van der Waals surface area contributed by atoms with E-state index in [0.29, 0.717) is 29.0 Å². The van der Waals surface area contributed by atoms with Gasteiger partial charge in [0.1, 0.15) is 18.1 Å². The number of carbonyl (C=O) groups excluding carboxylic acids is 1. The lowest BCUT2D eigenvalue weighted by Gasteiger charge is -2.17. The van der Waals surface area contributed by atoms with Crippen molar-refractivity contribution in [2.45, 2.75) is 0 Å². The molecule has 6 nitrogen and oxygen atoms in total. The molecule has 26 heavy (non-hydrogen) atoms. The lowest BCUT2D eigenvalue weighted by molar-refractivity contribution is 0.103. The Morgan fingerprint density at radius 1 is 1.15 bits per heavy atom. The Kier molecular flexibility index (Phi) is 3.65. The fourth-order valence-corrected chi connectivity index (χ4v) is 4.50. The molecule has 130 valence electrons. The normalized spacial score (nSPS) is 13.1. The van der Waals surface area contributed by atoms with Crippen molar-refractivity contribution in [2.24, 2.45) is 0 Å². The predicted octanol–water partition coefficient (Wildman–Crippen LogP) is 4.17. The van der Waals surface area contributed by atoms with Crippen LogP contribution >= 0.6 is 22.7 Å². The van der Waals surface area contributed by atoms with Crippen molar-refractivity contribution < 1.29 is 14.3 Å². The minimum Gasteiger partial charge on any atom is -0.486 e. The largest absolute Gasteiger partial charge is 0.486 e. The summed E-state index contributed by atoms with van der Waals surface area (Å²) in [6.45, 7) is 1.08. The van der Waals surface area contributed by atoms with Gasteiger partial charge in [0.25, 0.3) is 5.91 Å². The van der Waals surface area contributed by atoms with Crippen LogP contribution in [0.3, 0.4) is 0 Å². The van der Waals surface area contributed by atoms with Crippen molar-refractivity contribution in [3.63, 3.8) is 0 Å². The Morgan fingerprint density at radius 3 is 2.73 bits per heavy atom. The molecule has 8 heteroatoms. The van der Waals surface area contributed by atoms with Crippen LogP contribution in [0, 0.1) is 0 Å². The number of anilines is 1. The minimum atomic E-state index is -0.167. The second kappa shape index (κ2) is 6.15. The van der Waals surface area contributed by atoms with Gasteiger partial charge in [-0.1, -0.05) is 11.3 Å². The molecule has 0 aliphatic carbocycles. The highest BCUT2D eigenvalue weighted by Gasteiger charge is 2.18. The molecule has 1 amide bonds. The summed E-state index contributed by atoms with van der Waals surface area (Å²) in [5.41, 5.74) is 1.64. The third kappa shape index (κ3) is 2.63. The number of hydrogen-bond donors (Lipinski definition) is 1. The van der Waals surface area contributed by atoms with Gasteiger partial charge in [-0.2, -0.15) is 0 Å². The highest BCUT2D eigenvalue weighted by molar-refractivity contribution is 7.22. The summed E-state index contributed by atoms with van der Waals surface area (Å²) in [5.74, 6) is 1.25. The molecule has 0 atom stereocenters. The molecule has 0 saturated carbocycles. The topological polar surface area (TPSA) is 65.4 Å². The van der Waals surface area contributed by atoms with E-state index >= 15 is 0 Å². The van der Waals surface area contributed by atoms with Crippen molar-refractivity contribution in [3.8, 4) is 17.2 Å². The zero-order chi connectivity index (χ0) is 17.5. The second-order valence-electron chi connectivity index (χ2n) is 5.66. The molecular formula is C18H13N3O3S2. The van der Waals surface area contributed by atoms with E-state index in [9.17, 15) is 4.79 Å². The first kappa shape index (κ1) is 15.4. The number of thiazole rings is 1. The fourth-order valence-electron chi connectivity index (χ4n) is 2.84. The van der Waals surface area contributed by atoms with Gasteiger partial charge in [0.15, 0.2) is 16.6 Å². The molecule has 0 radical (unpaired) electrons. The van der Waals surface area contributed by atoms with Gasteiger partial charge in [-0.25, -0.2) is 4.98 Å². The maximum atomic E-state index is 12.7. The van der Waals surface area contributed by atoms with Gasteiger partial charge in [0.2, 0.25) is 0 Å². The summed E-state index contributed by atoms with van der Waals surface area (Å²) >= 11 is 2.82. The third-order valence-electron chi connectivity index (χ3n) is 4.01. The van der Waals surface area contributed by atoms with Gasteiger partial charge >= 0.3 is 0 Å². The Bertz CT molecular complexity index is 1060. The number of ether oxygens (including phenoxy) is 2. The van der Waals surface area contributed by atoms with E-state index in [0.717, 1.165) is 21.7 Å². The highest BCUT2D eigenvalue weighted by atomic mass is 32.1. The number of thiophene rings is 1. The van der Waals surface area contributed by atoms with Crippen LogP contribution < -0.4 is 14.8 Å². The van der Waals surface area contributed by atoms with E-state index < -0.39 is 0 Å². The average molecular weight is 383 g/mol. The van der Waals surface area contributed by atoms with Crippen LogP contribution in [0.5, 0.6) is 11.5 Å². The van der Waals surface area contributed by atoms with Crippen molar-refractivity contribution in [3.05, 3.63) is 53.0 Å². The molecule has 1 N–H and O–H groups in total. The standard InChI is InChI=1S/C18H13N3O3S2/c22-17(16-12(3-8-25-16)21-4-1-2-5-21)20-18-19-11-9-13-14(10-15(11)26-18)24-7-6-23-13/h1-5,8-10H,6-7H2,(H,19,20,22). The first-order valence-electron chi connectivity index (χ1n) is 8.00. The van der Waals surface area contributed by atoms with Gasteiger partial charge in [-0.15, -0.1) is 11.3 Å². The molecular weight excluding hydrogens is 370 g/mol. The molecule has 4 aromatic rings. The van der Waals surface area contributed by atoms with Gasteiger partial charge in [0, 0.05) is 24.5 Å². The second-order valence-corrected chi connectivity index (χ2v) is 7.61. The van der Waals surface area contributed by atoms with E-state index in [1.807, 2.05) is 52.7 Å². The molecule has 0 spiro atoms. The summed E-state index contributed by atoms with van der Waals surface area (Å²) in [4.78, 5) is 17.9. The maximum absolute atomic E-state index is 12.7. The van der Waals surface area contributed by atoms with Crippen LogP contribution in [0.2, 0.25) is 0 Å². The molecule has 1 aliphatic heterocycles. The smallest absolute Gasteiger partial charge is 0.269 e. The summed E-state index contributed by atoms with van der Waals surface area (Å²) in [7, 11) is 0. The average Bonchev–Trinajstić information content (AvgIpc) is 3.38. The number of benzene rings is 1. The number of nitrogens with one attached hydrogen (secondary N) is 1. The predicted molar refractivity (Wildman–Crippen MR) is 102 cm³/mol. The van der Waals surface area contributed by atoms with Crippen molar-refractivity contribution in [1.29, 1.82) is 0 Å². The Hall–Kier alpha value is -2.84. The zero-order valence-electron chi connectivity index (χ0n) is 13.5. The lowest BCUT2D eigenvalue weighted by Crippen LogP contribution is -2.15. The van der Waals surface area contributed by atoms with E-state index in [1.165, 1.54) is 22.7 Å². The summed E-state index contributed by atoms with van der Waals surface area (Å²) < 4.78 is 14.1. The van der Waals surface area contributed by atoms with Gasteiger partial charge in [-0.3, -0.25) is 10.1 Å². The van der Waals surface area contributed by atoms with E-state index in [-0.39, 0.29) is 5.91 Å². The molecule has 1 aliphatic rings. The number of carbonyl (C=O) groups is 1. The number of aromatic nitrogens is 2. The van der Waals surface area contributed by atoms with E-state index in [1.54, 1.807) is 0 Å². The van der Waals surface area contributed by atoms with E-state index in [2.05, 4.69) is 10.3 Å². The molecule has 1 aromatic carbocycles. The lowest BCUT2D eigenvalue weighted by atomic mass is 10.3. The number of amides is 1. The molecule has 4 heterocycles. The molecule has 5 rings (SSSR count). The maximum Gasteiger partial charge on any atom is 0.269 e. The van der Waals surface area contributed by atoms with Crippen LogP contribution in [0.4, 0.5) is 5.13 Å². The van der Waals surface area contributed by atoms with E-state index in [4.69, 9.17) is 9.47 Å². The first-order chi connectivity index (χ1) is 12.8. The summed E-state index contributed by atoms with van der Waals surface area (Å²) in [6, 6.07) is 9.55. The summed E-state index contributed by atoms with van der Waals surface area (Å²) in [5, 5.41) is 5.37. The Labute approximate surface area is 156 Å². The van der Waals surface area contributed by atoms with Crippen LogP contribution in [0.15, 0.2) is 48.1 Å². The van der Waals surface area contributed by atoms with Crippen molar-refractivity contribution in [1.82, 2.24) is 9.55 Å². The SMILES string of the molecule is O=C(Nc1nc2cc3c(cc2s1)OCCO3)c1sccc1-n1cccc1. The first-order valence-corrected chi connectivity index (χ1v) is 9.70. The number of hydrogen-bond acceptors (Lipinski definition) is 6. The number of fused-ring (bicyclic) bond motifs is 2. The highest BCUT2D eigenvalue weighted by Crippen LogP contribution is 2.38. The molecule has 0 bridgehead atoms. The van der Waals surface area contributed by atoms with Crippen LogP contribution in [-0.2, 0) is 0 Å². The van der Waals surface area contributed by atoms with Crippen molar-refractivity contribution >= 4 is 43.9 Å². The molecule has 3 aromatic heterocycles. The third-order valence-corrected chi connectivity index (χ3v) is 5.84. The quantitative estimate of drug-likeness (QED) is 0.577. The number of rotatable bonds is 3. The molecule has 0 saturated heterocycles. The molecule has 0 unspecified atom stereocenters. The summed E-state index contributed by atoms with van der Waals surface area (Å²) in [6.07, 6.45) is 3.84. The number of nitrogens with zero attached hydrogens (tertiary/aromatic N) is 2. The minimum absolute atomic E-state index is 0.167. The fraction of sp³-hybridized carbons (Fsp3) is 0.111. The molecule has 0 fully saturated rings. The Morgan fingerprint density at radius 2 is 1.92 bits per heavy atom. The van der Waals surface area contributed by atoms with Gasteiger partial charge in [0.05, 0.1) is 15.9 Å². The van der Waals surface area contributed by atoms with Crippen molar-refractivity contribution in [2.75, 3.05) is 18.5 Å². The Balaban J connectivity index is 1.45.